The molecule has 0 radical (unpaired) electrons. The fraction of sp³-hybridized carbons (Fsp3) is 0.333. The molecule has 2 aromatic rings. The summed E-state index contributed by atoms with van der Waals surface area (Å²) in [6.07, 6.45) is 3.56. The monoisotopic (exact) mass is 261 g/mol. The quantitative estimate of drug-likeness (QED) is 0.675. The van der Waals surface area contributed by atoms with Gasteiger partial charge in [0.1, 0.15) is 11.5 Å². The Morgan fingerprint density at radius 2 is 2.16 bits per heavy atom. The molecule has 2 aromatic heterocycles. The molecule has 2 rings (SSSR count). The Kier molecular flexibility index (Phi) is 3.46. The molecule has 100 valence electrons. The molecule has 0 spiro atoms. The predicted octanol–water partition coefficient (Wildman–Crippen LogP) is 2.82. The first kappa shape index (κ1) is 13.0. The second-order valence-corrected chi connectivity index (χ2v) is 4.49. The Morgan fingerprint density at radius 3 is 2.68 bits per heavy atom. The number of hydrogen-bond donors (Lipinski definition) is 1. The molecule has 0 unspecified atom stereocenters. The van der Waals surface area contributed by atoms with E-state index >= 15 is 0 Å². The number of nitrogens with zero attached hydrogens (tertiary/aromatic N) is 4. The third-order valence-electron chi connectivity index (χ3n) is 2.66. The first-order chi connectivity index (χ1) is 8.97. The molecule has 7 nitrogen and oxygen atoms in total. The molecule has 0 fully saturated rings. The van der Waals surface area contributed by atoms with Gasteiger partial charge in [0.2, 0.25) is 0 Å². The fourth-order valence-corrected chi connectivity index (χ4v) is 1.65. The molecule has 0 aliphatic rings. The molecule has 1 N–H and O–H groups in total. The molecule has 2 heterocycles. The van der Waals surface area contributed by atoms with Crippen molar-refractivity contribution < 1.29 is 4.92 Å². The minimum absolute atomic E-state index is 0.0171. The van der Waals surface area contributed by atoms with Crippen LogP contribution >= 0.6 is 0 Å². The van der Waals surface area contributed by atoms with Crippen molar-refractivity contribution in [2.45, 2.75) is 26.8 Å². The molecular weight excluding hydrogens is 246 g/mol. The smallest absolute Gasteiger partial charge is 0.290 e. The maximum atomic E-state index is 10.7. The van der Waals surface area contributed by atoms with Crippen LogP contribution in [0.15, 0.2) is 24.5 Å². The Bertz CT molecular complexity index is 606. The summed E-state index contributed by atoms with van der Waals surface area (Å²) in [5.41, 5.74) is 1.20. The van der Waals surface area contributed by atoms with Gasteiger partial charge in [-0.1, -0.05) is 0 Å². The highest BCUT2D eigenvalue weighted by Gasteiger charge is 2.12. The third-order valence-corrected chi connectivity index (χ3v) is 2.66. The van der Waals surface area contributed by atoms with Crippen LogP contribution in [-0.2, 0) is 0 Å². The van der Waals surface area contributed by atoms with Gasteiger partial charge in [-0.3, -0.25) is 14.8 Å². The van der Waals surface area contributed by atoms with E-state index in [1.807, 2.05) is 24.7 Å². The molecule has 19 heavy (non-hydrogen) atoms. The van der Waals surface area contributed by atoms with E-state index in [-0.39, 0.29) is 11.7 Å². The summed E-state index contributed by atoms with van der Waals surface area (Å²) in [6, 6.07) is 3.30. The van der Waals surface area contributed by atoms with Gasteiger partial charge < -0.3 is 5.32 Å². The molecule has 0 atom stereocenters. The largest absolute Gasteiger partial charge is 0.338 e. The Balaban J connectivity index is 2.19. The average molecular weight is 261 g/mol. The minimum Gasteiger partial charge on any atom is -0.338 e. The van der Waals surface area contributed by atoms with Crippen LogP contribution in [0.1, 0.15) is 25.6 Å². The highest BCUT2D eigenvalue weighted by molar-refractivity contribution is 5.56. The summed E-state index contributed by atoms with van der Waals surface area (Å²) in [5, 5.41) is 18.0. The second kappa shape index (κ2) is 5.05. The molecule has 7 heteroatoms. The van der Waals surface area contributed by atoms with Crippen molar-refractivity contribution in [3.63, 3.8) is 0 Å². The van der Waals surface area contributed by atoms with Crippen LogP contribution in [0.2, 0.25) is 0 Å². The van der Waals surface area contributed by atoms with E-state index in [9.17, 15) is 10.1 Å². The summed E-state index contributed by atoms with van der Waals surface area (Å²) in [7, 11) is 0. The van der Waals surface area contributed by atoms with Crippen molar-refractivity contribution >= 4 is 17.2 Å². The SMILES string of the molecule is Cc1nc(Nc2cnn(C(C)C)c2)ccc1[N+](=O)[O-]. The number of pyridine rings is 1. The number of aryl methyl sites for hydroxylation is 1. The topological polar surface area (TPSA) is 85.9 Å². The minimum atomic E-state index is -0.442. The lowest BCUT2D eigenvalue weighted by molar-refractivity contribution is -0.385. The fourth-order valence-electron chi connectivity index (χ4n) is 1.65. The lowest BCUT2D eigenvalue weighted by atomic mass is 10.3. The standard InChI is InChI=1S/C12H15N5O2/c1-8(2)16-7-10(6-13-16)15-12-5-4-11(17(18)19)9(3)14-12/h4-8H,1-3H3,(H,14,15). The molecule has 0 saturated carbocycles. The number of hydrogen-bond acceptors (Lipinski definition) is 5. The van der Waals surface area contributed by atoms with E-state index in [1.54, 1.807) is 19.2 Å². The summed E-state index contributed by atoms with van der Waals surface area (Å²) >= 11 is 0. The summed E-state index contributed by atoms with van der Waals surface area (Å²) < 4.78 is 1.82. The molecule has 0 aliphatic carbocycles. The molecule has 0 bridgehead atoms. The summed E-state index contributed by atoms with van der Waals surface area (Å²) in [4.78, 5) is 14.4. The number of nitrogens with one attached hydrogen (secondary N) is 1. The van der Waals surface area contributed by atoms with Crippen molar-refractivity contribution in [1.29, 1.82) is 0 Å². The van der Waals surface area contributed by atoms with Crippen molar-refractivity contribution in [2.75, 3.05) is 5.32 Å². The van der Waals surface area contributed by atoms with E-state index in [0.717, 1.165) is 5.69 Å². The number of rotatable bonds is 4. The van der Waals surface area contributed by atoms with E-state index < -0.39 is 4.92 Å². The zero-order valence-electron chi connectivity index (χ0n) is 11.0. The van der Waals surface area contributed by atoms with Gasteiger partial charge in [0.25, 0.3) is 5.69 Å². The second-order valence-electron chi connectivity index (χ2n) is 4.49. The zero-order valence-corrected chi connectivity index (χ0v) is 11.0. The van der Waals surface area contributed by atoms with Crippen LogP contribution < -0.4 is 5.32 Å². The van der Waals surface area contributed by atoms with Crippen LogP contribution in [0.25, 0.3) is 0 Å². The van der Waals surface area contributed by atoms with Crippen molar-refractivity contribution in [2.24, 2.45) is 0 Å². The van der Waals surface area contributed by atoms with E-state index in [4.69, 9.17) is 0 Å². The Morgan fingerprint density at radius 1 is 1.42 bits per heavy atom. The van der Waals surface area contributed by atoms with Crippen LogP contribution in [0, 0.1) is 17.0 Å². The van der Waals surface area contributed by atoms with Crippen LogP contribution in [0.4, 0.5) is 17.2 Å². The lowest BCUT2D eigenvalue weighted by Gasteiger charge is -2.05. The van der Waals surface area contributed by atoms with Crippen LogP contribution in [0.5, 0.6) is 0 Å². The molecule has 0 amide bonds. The zero-order chi connectivity index (χ0) is 14.0. The highest BCUT2D eigenvalue weighted by Crippen LogP contribution is 2.21. The van der Waals surface area contributed by atoms with E-state index in [2.05, 4.69) is 15.4 Å². The molecule has 0 aliphatic heterocycles. The summed E-state index contributed by atoms with van der Waals surface area (Å²) in [5.74, 6) is 0.561. The van der Waals surface area contributed by atoms with Gasteiger partial charge in [-0.25, -0.2) is 4.98 Å². The predicted molar refractivity (Wildman–Crippen MR) is 71.5 cm³/mol. The van der Waals surface area contributed by atoms with Gasteiger partial charge in [0.05, 0.1) is 16.8 Å². The van der Waals surface area contributed by atoms with Crippen molar-refractivity contribution in [1.82, 2.24) is 14.8 Å². The highest BCUT2D eigenvalue weighted by atomic mass is 16.6. The number of anilines is 2. The molecular formula is C12H15N5O2. The van der Waals surface area contributed by atoms with Gasteiger partial charge in [-0.05, 0) is 26.8 Å². The summed E-state index contributed by atoms with van der Waals surface area (Å²) in [6.45, 7) is 5.68. The van der Waals surface area contributed by atoms with Gasteiger partial charge in [0.15, 0.2) is 0 Å². The van der Waals surface area contributed by atoms with Crippen LogP contribution in [0.3, 0.4) is 0 Å². The molecule has 0 aromatic carbocycles. The average Bonchev–Trinajstić information content (AvgIpc) is 2.77. The molecule has 0 saturated heterocycles. The lowest BCUT2D eigenvalue weighted by Crippen LogP contribution is -2.00. The van der Waals surface area contributed by atoms with E-state index in [1.165, 1.54) is 6.07 Å². The van der Waals surface area contributed by atoms with Gasteiger partial charge in [-0.2, -0.15) is 5.10 Å². The number of aromatic nitrogens is 3. The first-order valence-electron chi connectivity index (χ1n) is 5.90. The van der Waals surface area contributed by atoms with Gasteiger partial charge in [-0.15, -0.1) is 0 Å². The maximum absolute atomic E-state index is 10.7. The third kappa shape index (κ3) is 2.87. The van der Waals surface area contributed by atoms with E-state index in [0.29, 0.717) is 11.5 Å². The van der Waals surface area contributed by atoms with Crippen LogP contribution in [-0.4, -0.2) is 19.7 Å². The maximum Gasteiger partial charge on any atom is 0.290 e. The van der Waals surface area contributed by atoms with Crippen molar-refractivity contribution in [3.05, 3.63) is 40.3 Å². The Labute approximate surface area is 110 Å². The van der Waals surface area contributed by atoms with Gasteiger partial charge >= 0.3 is 0 Å². The Hall–Kier alpha value is -2.44. The number of nitro groups is 1. The van der Waals surface area contributed by atoms with Crippen molar-refractivity contribution in [3.8, 4) is 0 Å². The normalized spacial score (nSPS) is 10.7. The first-order valence-corrected chi connectivity index (χ1v) is 5.90. The van der Waals surface area contributed by atoms with Gasteiger partial charge in [0, 0.05) is 18.3 Å².